The second-order valence-electron chi connectivity index (χ2n) is 3.38. The number of nitrogens with two attached hydrogens (primary N) is 1. The van der Waals surface area contributed by atoms with Crippen LogP contribution in [0.5, 0.6) is 11.5 Å². The molecule has 2 rings (SSSR count). The Labute approximate surface area is 103 Å². The van der Waals surface area contributed by atoms with Crippen molar-refractivity contribution < 1.29 is 18.4 Å². The summed E-state index contributed by atoms with van der Waals surface area (Å²) >= 11 is 0. The minimum Gasteiger partial charge on any atom is -0.493 e. The molecule has 0 atom stereocenters. The van der Waals surface area contributed by atoms with E-state index in [4.69, 9.17) is 19.7 Å². The van der Waals surface area contributed by atoms with Gasteiger partial charge in [0.2, 0.25) is 11.7 Å². The van der Waals surface area contributed by atoms with E-state index in [-0.39, 0.29) is 29.6 Å². The first-order chi connectivity index (χ1) is 8.71. The first kappa shape index (κ1) is 12.3. The Morgan fingerprint density at radius 2 is 2.11 bits per heavy atom. The molecule has 96 valence electrons. The summed E-state index contributed by atoms with van der Waals surface area (Å²) in [7, 11) is 2.78. The maximum Gasteiger partial charge on any atom is 0.240 e. The van der Waals surface area contributed by atoms with Crippen molar-refractivity contribution in [3.05, 3.63) is 23.8 Å². The highest BCUT2D eigenvalue weighted by Gasteiger charge is 2.19. The molecule has 0 saturated carbocycles. The lowest BCUT2D eigenvalue weighted by Crippen LogP contribution is -1.98. The van der Waals surface area contributed by atoms with Crippen molar-refractivity contribution in [1.82, 2.24) is 10.1 Å². The van der Waals surface area contributed by atoms with Crippen LogP contribution >= 0.6 is 0 Å². The van der Waals surface area contributed by atoms with Crippen LogP contribution in [-0.2, 0) is 6.54 Å². The molecule has 0 radical (unpaired) electrons. The smallest absolute Gasteiger partial charge is 0.240 e. The lowest BCUT2D eigenvalue weighted by Gasteiger charge is -2.09. The van der Waals surface area contributed by atoms with Gasteiger partial charge in [0.15, 0.2) is 17.3 Å². The molecule has 0 aliphatic rings. The van der Waals surface area contributed by atoms with E-state index >= 15 is 0 Å². The SMILES string of the molecule is COc1ccc(-c2noc(CN)n2)c(F)c1OC. The third-order valence-electron chi connectivity index (χ3n) is 2.37. The van der Waals surface area contributed by atoms with Gasteiger partial charge in [0.1, 0.15) is 0 Å². The molecule has 1 aromatic carbocycles. The third kappa shape index (κ3) is 2.00. The van der Waals surface area contributed by atoms with Crippen LogP contribution in [0.3, 0.4) is 0 Å². The van der Waals surface area contributed by atoms with Crippen LogP contribution in [0, 0.1) is 5.82 Å². The lowest BCUT2D eigenvalue weighted by molar-refractivity contribution is 0.338. The summed E-state index contributed by atoms with van der Waals surface area (Å²) in [4.78, 5) is 3.95. The number of ether oxygens (including phenoxy) is 2. The Kier molecular flexibility index (Phi) is 3.42. The molecular weight excluding hydrogens is 241 g/mol. The maximum absolute atomic E-state index is 14.2. The van der Waals surface area contributed by atoms with Crippen LogP contribution < -0.4 is 15.2 Å². The van der Waals surface area contributed by atoms with Crippen molar-refractivity contribution in [2.45, 2.75) is 6.54 Å². The van der Waals surface area contributed by atoms with Crippen molar-refractivity contribution in [2.75, 3.05) is 14.2 Å². The van der Waals surface area contributed by atoms with Gasteiger partial charge in [-0.1, -0.05) is 5.16 Å². The molecule has 2 N–H and O–H groups in total. The highest BCUT2D eigenvalue weighted by atomic mass is 19.1. The zero-order valence-corrected chi connectivity index (χ0v) is 9.94. The van der Waals surface area contributed by atoms with Gasteiger partial charge in [0.05, 0.1) is 26.3 Å². The van der Waals surface area contributed by atoms with E-state index in [1.165, 1.54) is 20.3 Å². The Morgan fingerprint density at radius 1 is 1.33 bits per heavy atom. The highest BCUT2D eigenvalue weighted by Crippen LogP contribution is 2.35. The fourth-order valence-electron chi connectivity index (χ4n) is 1.51. The van der Waals surface area contributed by atoms with Gasteiger partial charge in [0, 0.05) is 0 Å². The van der Waals surface area contributed by atoms with Gasteiger partial charge in [-0.05, 0) is 12.1 Å². The first-order valence-electron chi connectivity index (χ1n) is 5.14. The quantitative estimate of drug-likeness (QED) is 0.885. The molecule has 0 saturated heterocycles. The third-order valence-corrected chi connectivity index (χ3v) is 2.37. The normalized spacial score (nSPS) is 10.4. The van der Waals surface area contributed by atoms with Gasteiger partial charge < -0.3 is 19.7 Å². The number of nitrogens with zero attached hydrogens (tertiary/aromatic N) is 2. The van der Waals surface area contributed by atoms with E-state index in [2.05, 4.69) is 10.1 Å². The maximum atomic E-state index is 14.2. The predicted octanol–water partition coefficient (Wildman–Crippen LogP) is 1.35. The number of rotatable bonds is 4. The number of hydrogen-bond donors (Lipinski definition) is 1. The van der Waals surface area contributed by atoms with E-state index in [9.17, 15) is 4.39 Å². The molecule has 7 heteroatoms. The highest BCUT2D eigenvalue weighted by molar-refractivity contribution is 5.62. The van der Waals surface area contributed by atoms with Gasteiger partial charge in [-0.25, -0.2) is 4.39 Å². The topological polar surface area (TPSA) is 83.4 Å². The van der Waals surface area contributed by atoms with E-state index in [1.807, 2.05) is 0 Å². The number of halogens is 1. The van der Waals surface area contributed by atoms with Gasteiger partial charge >= 0.3 is 0 Å². The standard InChI is InChI=1S/C11H12FN3O3/c1-16-7-4-3-6(9(12)10(7)17-2)11-14-8(5-13)18-15-11/h3-4H,5,13H2,1-2H3. The summed E-state index contributed by atoms with van der Waals surface area (Å²) in [5, 5.41) is 3.65. The molecule has 0 bridgehead atoms. The molecule has 0 spiro atoms. The molecule has 2 aromatic rings. The number of methoxy groups -OCH3 is 2. The predicted molar refractivity (Wildman–Crippen MR) is 60.7 cm³/mol. The average Bonchev–Trinajstić information content (AvgIpc) is 2.86. The molecule has 0 unspecified atom stereocenters. The van der Waals surface area contributed by atoms with Crippen LogP contribution in [0.15, 0.2) is 16.7 Å². The Morgan fingerprint density at radius 3 is 2.67 bits per heavy atom. The second kappa shape index (κ2) is 5.01. The van der Waals surface area contributed by atoms with Crippen LogP contribution in [0.2, 0.25) is 0 Å². The van der Waals surface area contributed by atoms with Crippen LogP contribution in [0.25, 0.3) is 11.4 Å². The van der Waals surface area contributed by atoms with Crippen molar-refractivity contribution in [2.24, 2.45) is 5.73 Å². The van der Waals surface area contributed by atoms with Crippen LogP contribution in [0.1, 0.15) is 5.89 Å². The fraction of sp³-hybridized carbons (Fsp3) is 0.273. The minimum atomic E-state index is -0.610. The monoisotopic (exact) mass is 253 g/mol. The second-order valence-corrected chi connectivity index (χ2v) is 3.38. The van der Waals surface area contributed by atoms with Crippen LogP contribution in [-0.4, -0.2) is 24.4 Å². The Hall–Kier alpha value is -2.15. The van der Waals surface area contributed by atoms with E-state index in [0.29, 0.717) is 5.75 Å². The van der Waals surface area contributed by atoms with Crippen molar-refractivity contribution >= 4 is 0 Å². The Bertz CT molecular complexity index is 556. The summed E-state index contributed by atoms with van der Waals surface area (Å²) in [6.07, 6.45) is 0. The van der Waals surface area contributed by atoms with E-state index in [0.717, 1.165) is 0 Å². The summed E-state index contributed by atoms with van der Waals surface area (Å²) in [6, 6.07) is 3.05. The van der Waals surface area contributed by atoms with E-state index in [1.54, 1.807) is 6.07 Å². The van der Waals surface area contributed by atoms with Gasteiger partial charge in [-0.15, -0.1) is 0 Å². The fourth-order valence-corrected chi connectivity index (χ4v) is 1.51. The molecule has 18 heavy (non-hydrogen) atoms. The molecule has 0 amide bonds. The minimum absolute atomic E-state index is 0.00546. The average molecular weight is 253 g/mol. The Balaban J connectivity index is 2.51. The lowest BCUT2D eigenvalue weighted by atomic mass is 10.1. The van der Waals surface area contributed by atoms with Crippen molar-refractivity contribution in [1.29, 1.82) is 0 Å². The molecule has 6 nitrogen and oxygen atoms in total. The summed E-state index contributed by atoms with van der Waals surface area (Å²) < 4.78 is 28.9. The number of aromatic nitrogens is 2. The first-order valence-corrected chi connectivity index (χ1v) is 5.14. The van der Waals surface area contributed by atoms with E-state index < -0.39 is 5.82 Å². The molecule has 1 heterocycles. The molecule has 1 aromatic heterocycles. The summed E-state index contributed by atoms with van der Waals surface area (Å²) in [5.41, 5.74) is 5.51. The van der Waals surface area contributed by atoms with Gasteiger partial charge in [0.25, 0.3) is 0 Å². The zero-order valence-electron chi connectivity index (χ0n) is 9.94. The molecule has 0 aliphatic heterocycles. The molecular formula is C11H12FN3O3. The summed E-state index contributed by atoms with van der Waals surface area (Å²) in [5.74, 6) is 0.0321. The number of benzene rings is 1. The molecule has 0 aliphatic carbocycles. The zero-order chi connectivity index (χ0) is 13.1. The largest absolute Gasteiger partial charge is 0.493 e. The van der Waals surface area contributed by atoms with Crippen LogP contribution in [0.4, 0.5) is 4.39 Å². The van der Waals surface area contributed by atoms with Gasteiger partial charge in [-0.2, -0.15) is 4.98 Å². The van der Waals surface area contributed by atoms with Crippen molar-refractivity contribution in [3.8, 4) is 22.9 Å². The van der Waals surface area contributed by atoms with Crippen molar-refractivity contribution in [3.63, 3.8) is 0 Å². The van der Waals surface area contributed by atoms with Gasteiger partial charge in [-0.3, -0.25) is 0 Å². The summed E-state index contributed by atoms with van der Waals surface area (Å²) in [6.45, 7) is 0.0991. The number of hydrogen-bond acceptors (Lipinski definition) is 6. The molecule has 0 fully saturated rings.